The van der Waals surface area contributed by atoms with Crippen LogP contribution in [0.3, 0.4) is 0 Å². The van der Waals surface area contributed by atoms with E-state index < -0.39 is 0 Å². The Morgan fingerprint density at radius 3 is 2.93 bits per heavy atom. The summed E-state index contributed by atoms with van der Waals surface area (Å²) in [5.74, 6) is -0.226. The van der Waals surface area contributed by atoms with Gasteiger partial charge in [0, 0.05) is 6.54 Å². The van der Waals surface area contributed by atoms with Gasteiger partial charge in [0.1, 0.15) is 22.9 Å². The molecule has 0 unspecified atom stereocenters. The lowest BCUT2D eigenvalue weighted by Crippen LogP contribution is -2.26. The van der Waals surface area contributed by atoms with Gasteiger partial charge in [0.15, 0.2) is 0 Å². The molecule has 0 saturated heterocycles. The van der Waals surface area contributed by atoms with Crippen LogP contribution in [0.15, 0.2) is 6.33 Å². The first kappa shape index (κ1) is 11.7. The van der Waals surface area contributed by atoms with Crippen LogP contribution in [0.25, 0.3) is 0 Å². The van der Waals surface area contributed by atoms with Gasteiger partial charge in [0.25, 0.3) is 5.91 Å². The first-order valence-electron chi connectivity index (χ1n) is 4.71. The highest BCUT2D eigenvalue weighted by atomic mass is 35.5. The Labute approximate surface area is 93.0 Å². The van der Waals surface area contributed by atoms with Crippen LogP contribution in [0.5, 0.6) is 0 Å². The summed E-state index contributed by atoms with van der Waals surface area (Å²) in [6.07, 6.45) is 3.15. The third kappa shape index (κ3) is 3.06. The number of nitrogens with zero attached hydrogens (tertiary/aromatic N) is 2. The smallest absolute Gasteiger partial charge is 0.258 e. The van der Waals surface area contributed by atoms with Crippen LogP contribution in [-0.2, 0) is 0 Å². The lowest BCUT2D eigenvalue weighted by Gasteiger charge is -2.06. The Morgan fingerprint density at radius 1 is 1.60 bits per heavy atom. The van der Waals surface area contributed by atoms with Gasteiger partial charge in [0.2, 0.25) is 0 Å². The lowest BCUT2D eigenvalue weighted by molar-refractivity contribution is 0.0953. The molecule has 0 fully saturated rings. The average Bonchev–Trinajstić information content (AvgIpc) is 2.18. The van der Waals surface area contributed by atoms with Crippen molar-refractivity contribution in [2.45, 2.75) is 19.8 Å². The molecule has 0 aromatic carbocycles. The molecule has 15 heavy (non-hydrogen) atoms. The number of nitrogen functional groups attached to an aromatic ring is 1. The van der Waals surface area contributed by atoms with E-state index in [2.05, 4.69) is 15.3 Å². The zero-order valence-corrected chi connectivity index (χ0v) is 9.21. The van der Waals surface area contributed by atoms with Gasteiger partial charge in [0.05, 0.1) is 0 Å². The number of rotatable bonds is 4. The highest BCUT2D eigenvalue weighted by Crippen LogP contribution is 2.16. The van der Waals surface area contributed by atoms with Crippen LogP contribution >= 0.6 is 11.6 Å². The van der Waals surface area contributed by atoms with E-state index in [4.69, 9.17) is 17.3 Å². The van der Waals surface area contributed by atoms with E-state index in [0.29, 0.717) is 6.54 Å². The topological polar surface area (TPSA) is 80.9 Å². The second-order valence-electron chi connectivity index (χ2n) is 3.03. The van der Waals surface area contributed by atoms with Crippen molar-refractivity contribution in [2.75, 3.05) is 12.3 Å². The fourth-order valence-electron chi connectivity index (χ4n) is 1.05. The average molecular weight is 229 g/mol. The molecule has 0 aliphatic carbocycles. The Kier molecular flexibility index (Phi) is 4.30. The number of anilines is 1. The van der Waals surface area contributed by atoms with Crippen molar-refractivity contribution in [2.24, 2.45) is 0 Å². The molecule has 0 saturated carbocycles. The summed E-state index contributed by atoms with van der Waals surface area (Å²) in [5.41, 5.74) is 5.68. The maximum Gasteiger partial charge on any atom is 0.258 e. The van der Waals surface area contributed by atoms with Gasteiger partial charge < -0.3 is 11.1 Å². The molecule has 0 atom stereocenters. The summed E-state index contributed by atoms with van der Waals surface area (Å²) in [5, 5.41) is 2.78. The maximum absolute atomic E-state index is 11.6. The third-order valence-corrected chi connectivity index (χ3v) is 2.16. The van der Waals surface area contributed by atoms with Crippen LogP contribution in [0.4, 0.5) is 5.82 Å². The van der Waals surface area contributed by atoms with Crippen LogP contribution in [0.2, 0.25) is 5.15 Å². The number of carbonyl (C=O) groups excluding carboxylic acids is 1. The van der Waals surface area contributed by atoms with Gasteiger partial charge in [-0.1, -0.05) is 24.9 Å². The normalized spacial score (nSPS) is 10.0. The minimum Gasteiger partial charge on any atom is -0.383 e. The zero-order chi connectivity index (χ0) is 11.3. The van der Waals surface area contributed by atoms with E-state index >= 15 is 0 Å². The zero-order valence-electron chi connectivity index (χ0n) is 8.46. The number of amides is 1. The Hall–Kier alpha value is -1.36. The van der Waals surface area contributed by atoms with Crippen molar-refractivity contribution in [3.05, 3.63) is 17.0 Å². The highest BCUT2D eigenvalue weighted by Gasteiger charge is 2.15. The number of unbranched alkanes of at least 4 members (excludes halogenated alkanes) is 1. The standard InChI is InChI=1S/C9H13ClN4O/c1-2-3-4-12-9(15)6-7(10)13-5-14-8(6)11/h5H,2-4H2,1H3,(H,12,15)(H2,11,13,14). The predicted molar refractivity (Wildman–Crippen MR) is 58.7 cm³/mol. The summed E-state index contributed by atoms with van der Waals surface area (Å²) in [6, 6.07) is 0. The van der Waals surface area contributed by atoms with E-state index in [9.17, 15) is 4.79 Å². The quantitative estimate of drug-likeness (QED) is 0.600. The van der Waals surface area contributed by atoms with Gasteiger partial charge in [-0.2, -0.15) is 0 Å². The van der Waals surface area contributed by atoms with E-state index in [1.807, 2.05) is 6.92 Å². The fraction of sp³-hybridized carbons (Fsp3) is 0.444. The number of nitrogens with one attached hydrogen (secondary N) is 1. The molecule has 6 heteroatoms. The van der Waals surface area contributed by atoms with Crippen LogP contribution in [0.1, 0.15) is 30.1 Å². The van der Waals surface area contributed by atoms with E-state index in [0.717, 1.165) is 12.8 Å². The van der Waals surface area contributed by atoms with E-state index in [1.165, 1.54) is 6.33 Å². The number of halogens is 1. The number of nitrogens with two attached hydrogens (primary N) is 1. The molecule has 3 N–H and O–H groups in total. The van der Waals surface area contributed by atoms with Crippen LogP contribution in [-0.4, -0.2) is 22.4 Å². The predicted octanol–water partition coefficient (Wildman–Crippen LogP) is 1.24. The molecule has 1 aromatic rings. The second kappa shape index (κ2) is 5.50. The van der Waals surface area contributed by atoms with Crippen LogP contribution < -0.4 is 11.1 Å². The fourth-order valence-corrected chi connectivity index (χ4v) is 1.28. The minimum atomic E-state index is -0.327. The summed E-state index contributed by atoms with van der Waals surface area (Å²) < 4.78 is 0. The van der Waals surface area contributed by atoms with Gasteiger partial charge in [-0.15, -0.1) is 0 Å². The molecule has 82 valence electrons. The third-order valence-electron chi connectivity index (χ3n) is 1.87. The van der Waals surface area contributed by atoms with Crippen molar-refractivity contribution in [1.29, 1.82) is 0 Å². The Morgan fingerprint density at radius 2 is 2.33 bits per heavy atom. The number of hydrogen-bond donors (Lipinski definition) is 2. The van der Waals surface area contributed by atoms with E-state index in [1.54, 1.807) is 0 Å². The van der Waals surface area contributed by atoms with Gasteiger partial charge in [-0.05, 0) is 6.42 Å². The molecule has 0 aliphatic rings. The molecular weight excluding hydrogens is 216 g/mol. The largest absolute Gasteiger partial charge is 0.383 e. The summed E-state index contributed by atoms with van der Waals surface area (Å²) >= 11 is 5.75. The summed E-state index contributed by atoms with van der Waals surface area (Å²) in [6.45, 7) is 2.64. The maximum atomic E-state index is 11.6. The van der Waals surface area contributed by atoms with Crippen molar-refractivity contribution in [3.63, 3.8) is 0 Å². The van der Waals surface area contributed by atoms with Crippen molar-refractivity contribution >= 4 is 23.3 Å². The van der Waals surface area contributed by atoms with Gasteiger partial charge in [-0.25, -0.2) is 9.97 Å². The number of aromatic nitrogens is 2. The van der Waals surface area contributed by atoms with Crippen molar-refractivity contribution in [1.82, 2.24) is 15.3 Å². The number of hydrogen-bond acceptors (Lipinski definition) is 4. The molecule has 1 heterocycles. The SMILES string of the molecule is CCCCNC(=O)c1c(N)ncnc1Cl. The molecule has 1 amide bonds. The van der Waals surface area contributed by atoms with Crippen molar-refractivity contribution in [3.8, 4) is 0 Å². The molecule has 0 aliphatic heterocycles. The van der Waals surface area contributed by atoms with Gasteiger partial charge >= 0.3 is 0 Å². The summed E-state index contributed by atoms with van der Waals surface area (Å²) in [4.78, 5) is 19.0. The van der Waals surface area contributed by atoms with Crippen LogP contribution in [0, 0.1) is 0 Å². The molecular formula is C9H13ClN4O. The second-order valence-corrected chi connectivity index (χ2v) is 3.39. The Balaban J connectivity index is 2.73. The van der Waals surface area contributed by atoms with E-state index in [-0.39, 0.29) is 22.4 Å². The number of carbonyl (C=O) groups is 1. The van der Waals surface area contributed by atoms with Gasteiger partial charge in [-0.3, -0.25) is 4.79 Å². The molecule has 0 radical (unpaired) electrons. The van der Waals surface area contributed by atoms with Crippen molar-refractivity contribution < 1.29 is 4.79 Å². The molecule has 5 nitrogen and oxygen atoms in total. The lowest BCUT2D eigenvalue weighted by atomic mass is 10.2. The molecule has 1 rings (SSSR count). The minimum absolute atomic E-state index is 0.0801. The highest BCUT2D eigenvalue weighted by molar-refractivity contribution is 6.33. The Bertz CT molecular complexity index is 336. The molecule has 1 aromatic heterocycles. The monoisotopic (exact) mass is 228 g/mol. The first-order chi connectivity index (χ1) is 7.16. The molecule has 0 spiro atoms. The summed E-state index contributed by atoms with van der Waals surface area (Å²) in [7, 11) is 0. The first-order valence-corrected chi connectivity index (χ1v) is 5.08. The molecule has 0 bridgehead atoms.